The standard InChI is InChI=1S/2C20H23F3N6O3S.2C2HF3O2/c2*1-28(2)14-5-8-17(12(9-14)10-24)29-11-16(18(25)30)19(27-29)26-13-3-6-15(7-4-13)33(31,32)20(21,22)23;2*3-2(4,5)1(6)7/h2*3-4,6-7,11-12,14,17H,5,8-9H2,1-2H3,(H2,25,30)(H,26,27);2*(H,6,7)/t12-,14+,17?;12-,14-,17?;;/m11../s1. The third kappa shape index (κ3) is 17.2. The molecule has 2 aliphatic rings. The van der Waals surface area contributed by atoms with Gasteiger partial charge >= 0.3 is 23.4 Å². The lowest BCUT2D eigenvalue weighted by Gasteiger charge is -2.33. The van der Waals surface area contributed by atoms with Gasteiger partial charge in [-0.3, -0.25) is 19.0 Å². The molecule has 2 fully saturated rings. The molecule has 0 spiro atoms. The number of carboxylic acid groups (broad SMARTS) is 2. The highest BCUT2D eigenvalue weighted by atomic mass is 32.2. The molecule has 6 rings (SSSR count). The first-order chi connectivity index (χ1) is 36.6. The number of hydrogen-bond donors (Lipinski definition) is 6. The summed E-state index contributed by atoms with van der Waals surface area (Å²) < 4.78 is 189. The number of nitrogens with two attached hydrogens (primary N) is 2. The predicted molar refractivity (Wildman–Crippen MR) is 247 cm³/mol. The van der Waals surface area contributed by atoms with E-state index in [0.29, 0.717) is 37.8 Å². The molecule has 2 saturated carbocycles. The van der Waals surface area contributed by atoms with E-state index in [0.717, 1.165) is 61.4 Å². The van der Waals surface area contributed by atoms with Gasteiger partial charge in [-0.05, 0) is 61.4 Å². The van der Waals surface area contributed by atoms with Crippen molar-refractivity contribution in [2.45, 2.75) is 95.9 Å². The van der Waals surface area contributed by atoms with Gasteiger partial charge in [0.1, 0.15) is 23.1 Å². The summed E-state index contributed by atoms with van der Waals surface area (Å²) >= 11 is 0. The van der Waals surface area contributed by atoms with E-state index in [1.165, 1.54) is 31.6 Å². The Morgan fingerprint density at radius 2 is 0.850 bits per heavy atom. The van der Waals surface area contributed by atoms with E-state index in [4.69, 9.17) is 31.3 Å². The van der Waals surface area contributed by atoms with E-state index < -0.39 is 76.6 Å². The summed E-state index contributed by atoms with van der Waals surface area (Å²) in [5, 5.41) is 51.2. The quantitative estimate of drug-likeness (QED) is 0.109. The molecule has 2 amide bonds. The zero-order valence-electron chi connectivity index (χ0n) is 41.8. The summed E-state index contributed by atoms with van der Waals surface area (Å²) in [6, 6.07) is 12.5. The molecular weight excluding hydrogens is 1150 g/mol. The molecule has 2 aliphatic carbocycles. The minimum absolute atomic E-state index is 0.0408. The average Bonchev–Trinajstić information content (AvgIpc) is 3.98. The van der Waals surface area contributed by atoms with Crippen LogP contribution in [0.15, 0.2) is 70.7 Å². The van der Waals surface area contributed by atoms with Crippen molar-refractivity contribution in [3.63, 3.8) is 0 Å². The molecular formula is C44H48F12N12O10S2. The number of rotatable bonds is 12. The molecule has 0 radical (unpaired) electrons. The Labute approximate surface area is 446 Å². The van der Waals surface area contributed by atoms with Crippen molar-refractivity contribution in [1.82, 2.24) is 19.6 Å². The second-order valence-electron chi connectivity index (χ2n) is 18.0. The SMILES string of the molecule is C[NH+](C)[C@@H]1CCC(n2cc(C(N)=O)c(Nc3ccc(S(=O)(=O)C(F)(F)F)cc3)n2)[C@@H](C#N)C1.C[NH+](C)[C@H]1CCC(n2cc(C(N)=O)c(Nc3ccc(S(=O)(=O)C(F)(F)F)cc3)n2)[C@@H](C#N)C1.O=C([O-])C(F)(F)F.O=C([O-])C(F)(F)F. The summed E-state index contributed by atoms with van der Waals surface area (Å²) in [4.78, 5) is 42.2. The maximum atomic E-state index is 12.7. The average molecular weight is 1200 g/mol. The second-order valence-corrected chi connectivity index (χ2v) is 21.9. The fourth-order valence-corrected chi connectivity index (χ4v) is 9.44. The largest absolute Gasteiger partial charge is 0.542 e. The van der Waals surface area contributed by atoms with Crippen molar-refractivity contribution in [1.29, 1.82) is 10.5 Å². The second kappa shape index (κ2) is 26.1. The van der Waals surface area contributed by atoms with Crippen molar-refractivity contribution < 1.29 is 109 Å². The molecule has 2 aromatic carbocycles. The number of halogens is 12. The van der Waals surface area contributed by atoms with Gasteiger partial charge in [-0.25, -0.2) is 16.8 Å². The lowest BCUT2D eigenvalue weighted by molar-refractivity contribution is -0.887. The Bertz CT molecular complexity index is 2940. The summed E-state index contributed by atoms with van der Waals surface area (Å²) in [6.45, 7) is 0. The van der Waals surface area contributed by atoms with Crippen LogP contribution >= 0.6 is 0 Å². The first-order valence-electron chi connectivity index (χ1n) is 22.7. The fraction of sp³-hybridized carbons (Fsp3) is 0.455. The van der Waals surface area contributed by atoms with Gasteiger partial charge in [-0.15, -0.1) is 0 Å². The molecule has 2 heterocycles. The Hall–Kier alpha value is -7.70. The highest BCUT2D eigenvalue weighted by Crippen LogP contribution is 2.37. The normalized spacial score (nSPS) is 19.8. The Morgan fingerprint density at radius 3 is 1.06 bits per heavy atom. The number of sulfone groups is 2. The number of primary amides is 2. The first kappa shape index (κ1) is 66.6. The van der Waals surface area contributed by atoms with Crippen LogP contribution in [-0.2, 0) is 29.3 Å². The van der Waals surface area contributed by atoms with E-state index in [1.54, 1.807) is 0 Å². The van der Waals surface area contributed by atoms with Crippen LogP contribution in [0.25, 0.3) is 0 Å². The highest BCUT2D eigenvalue weighted by molar-refractivity contribution is 7.92. The fourth-order valence-electron chi connectivity index (χ4n) is 7.91. The van der Waals surface area contributed by atoms with Gasteiger partial charge in [0.15, 0.2) is 11.6 Å². The zero-order valence-corrected chi connectivity index (χ0v) is 43.4. The van der Waals surface area contributed by atoms with Crippen LogP contribution in [0.2, 0.25) is 0 Å². The maximum absolute atomic E-state index is 12.7. The van der Waals surface area contributed by atoms with Crippen molar-refractivity contribution >= 4 is 66.4 Å². The molecule has 440 valence electrons. The van der Waals surface area contributed by atoms with Crippen LogP contribution in [-0.4, -0.2) is 124 Å². The number of carboxylic acids is 2. The molecule has 2 unspecified atom stereocenters. The van der Waals surface area contributed by atoms with Gasteiger partial charge in [0.25, 0.3) is 31.5 Å². The van der Waals surface area contributed by atoms with Crippen LogP contribution in [0.4, 0.5) is 75.7 Å². The Kier molecular flexibility index (Phi) is 21.7. The van der Waals surface area contributed by atoms with Crippen LogP contribution in [0, 0.1) is 34.5 Å². The van der Waals surface area contributed by atoms with Gasteiger partial charge < -0.3 is 51.7 Å². The number of aromatic nitrogens is 4. The lowest BCUT2D eigenvalue weighted by atomic mass is 9.82. The Balaban J connectivity index is 0.000000339. The molecule has 36 heteroatoms. The van der Waals surface area contributed by atoms with Gasteiger partial charge in [0.05, 0.1) is 86.1 Å². The van der Waals surface area contributed by atoms with Crippen molar-refractivity contribution in [3.8, 4) is 12.1 Å². The zero-order chi connectivity index (χ0) is 61.3. The van der Waals surface area contributed by atoms with E-state index in [2.05, 4.69) is 33.0 Å². The molecule has 80 heavy (non-hydrogen) atoms. The molecule has 6 atom stereocenters. The summed E-state index contributed by atoms with van der Waals surface area (Å²) in [5.74, 6) is -8.09. The number of nitrogens with zero attached hydrogens (tertiary/aromatic N) is 6. The number of anilines is 4. The van der Waals surface area contributed by atoms with Crippen molar-refractivity contribution in [2.24, 2.45) is 23.3 Å². The van der Waals surface area contributed by atoms with Crippen LogP contribution in [0.1, 0.15) is 71.3 Å². The van der Waals surface area contributed by atoms with Gasteiger partial charge in [0, 0.05) is 49.5 Å². The van der Waals surface area contributed by atoms with Crippen LogP contribution < -0.4 is 42.1 Å². The molecule has 4 aromatic rings. The van der Waals surface area contributed by atoms with Crippen LogP contribution in [0.3, 0.4) is 0 Å². The van der Waals surface area contributed by atoms with E-state index in [9.17, 15) is 89.6 Å². The number of carbonyl (C=O) groups excluding carboxylic acids is 4. The number of nitriles is 2. The summed E-state index contributed by atoms with van der Waals surface area (Å²) in [6.07, 6.45) is -3.05. The number of carbonyl (C=O) groups is 4. The van der Waals surface area contributed by atoms with E-state index in [-0.39, 0.29) is 58.1 Å². The van der Waals surface area contributed by atoms with Gasteiger partial charge in [-0.2, -0.15) is 73.4 Å². The molecule has 2 aromatic heterocycles. The topological polar surface area (TPSA) is 351 Å². The number of hydrogen-bond acceptors (Lipinski definition) is 16. The van der Waals surface area contributed by atoms with Crippen molar-refractivity contribution in [3.05, 3.63) is 72.1 Å². The first-order valence-corrected chi connectivity index (χ1v) is 25.7. The minimum atomic E-state index is -5.47. The molecule has 22 nitrogen and oxygen atoms in total. The van der Waals surface area contributed by atoms with Gasteiger partial charge in [0.2, 0.25) is 0 Å². The summed E-state index contributed by atoms with van der Waals surface area (Å²) in [5.41, 5.74) is 0.603. The highest BCUT2D eigenvalue weighted by Gasteiger charge is 2.48. The van der Waals surface area contributed by atoms with E-state index in [1.807, 2.05) is 28.2 Å². The number of aliphatic carboxylic acids is 2. The number of amides is 2. The number of alkyl halides is 12. The predicted octanol–water partition coefficient (Wildman–Crippen LogP) is 1.39. The molecule has 8 N–H and O–H groups in total. The number of quaternary nitrogens is 2. The maximum Gasteiger partial charge on any atom is 0.501 e. The minimum Gasteiger partial charge on any atom is -0.542 e. The van der Waals surface area contributed by atoms with Gasteiger partial charge in [-0.1, -0.05) is 0 Å². The monoisotopic (exact) mass is 1200 g/mol. The third-order valence-electron chi connectivity index (χ3n) is 12.2. The lowest BCUT2D eigenvalue weighted by Crippen LogP contribution is -3.10. The molecule has 0 aliphatic heterocycles. The van der Waals surface area contributed by atoms with E-state index >= 15 is 0 Å². The molecule has 0 bridgehead atoms. The summed E-state index contributed by atoms with van der Waals surface area (Å²) in [7, 11) is -2.81. The smallest absolute Gasteiger partial charge is 0.501 e. The number of benzene rings is 2. The van der Waals surface area contributed by atoms with Crippen LogP contribution in [0.5, 0.6) is 0 Å². The Morgan fingerprint density at radius 1 is 0.575 bits per heavy atom. The third-order valence-corrected chi connectivity index (χ3v) is 15.2. The van der Waals surface area contributed by atoms with Crippen molar-refractivity contribution in [2.75, 3.05) is 38.8 Å². The molecule has 0 saturated heterocycles. The number of nitrogens with one attached hydrogen (secondary N) is 4.